The van der Waals surface area contributed by atoms with Gasteiger partial charge in [0, 0.05) is 10.6 Å². The van der Waals surface area contributed by atoms with Crippen LogP contribution in [-0.4, -0.2) is 11.6 Å². The molecular formula is C17H24N2OS. The van der Waals surface area contributed by atoms with Crippen LogP contribution in [0.2, 0.25) is 0 Å². The molecule has 0 spiro atoms. The first-order chi connectivity index (χ1) is 10.1. The summed E-state index contributed by atoms with van der Waals surface area (Å²) in [4.78, 5) is 14.5. The largest absolute Gasteiger partial charge is 0.281 e. The summed E-state index contributed by atoms with van der Waals surface area (Å²) in [5.74, 6) is 1.51. The van der Waals surface area contributed by atoms with Crippen LogP contribution in [0.1, 0.15) is 66.1 Å². The number of nitrogens with one attached hydrogen (secondary N) is 1. The van der Waals surface area contributed by atoms with Gasteiger partial charge in [0.25, 0.3) is 5.91 Å². The van der Waals surface area contributed by atoms with Crippen LogP contribution in [0.5, 0.6) is 0 Å². The van der Waals surface area contributed by atoms with E-state index in [9.17, 15) is 4.79 Å². The SMILES string of the molecule is CC1CCC(=NNC(=O)c2cc3c(s2)CC[C@@H](C)C3)CC1. The highest BCUT2D eigenvalue weighted by molar-refractivity contribution is 7.14. The van der Waals surface area contributed by atoms with E-state index >= 15 is 0 Å². The average Bonchev–Trinajstić information content (AvgIpc) is 2.89. The Bertz CT molecular complexity index is 551. The Labute approximate surface area is 130 Å². The number of hydrogen-bond donors (Lipinski definition) is 1. The molecular weight excluding hydrogens is 280 g/mol. The van der Waals surface area contributed by atoms with E-state index in [4.69, 9.17) is 0 Å². The zero-order chi connectivity index (χ0) is 14.8. The number of nitrogens with zero attached hydrogens (tertiary/aromatic N) is 1. The van der Waals surface area contributed by atoms with Gasteiger partial charge in [0.2, 0.25) is 0 Å². The van der Waals surface area contributed by atoms with Gasteiger partial charge in [-0.05, 0) is 68.4 Å². The van der Waals surface area contributed by atoms with E-state index in [0.717, 1.165) is 48.1 Å². The fraction of sp³-hybridized carbons (Fsp3) is 0.647. The second kappa shape index (κ2) is 6.30. The standard InChI is InChI=1S/C17H24N2OS/c1-11-3-6-14(7-4-11)18-19-17(20)16-10-13-9-12(2)5-8-15(13)21-16/h10-12H,3-9H2,1-2H3,(H,19,20)/t11?,12-/m1/s1. The minimum atomic E-state index is -0.0341. The van der Waals surface area contributed by atoms with Crippen molar-refractivity contribution < 1.29 is 4.79 Å². The monoisotopic (exact) mass is 304 g/mol. The average molecular weight is 304 g/mol. The molecule has 21 heavy (non-hydrogen) atoms. The smallest absolute Gasteiger partial charge is 0.266 e. The van der Waals surface area contributed by atoms with Crippen LogP contribution in [0, 0.1) is 11.8 Å². The number of hydrogen-bond acceptors (Lipinski definition) is 3. The van der Waals surface area contributed by atoms with Gasteiger partial charge in [-0.2, -0.15) is 5.10 Å². The number of aryl methyl sites for hydroxylation is 1. The summed E-state index contributed by atoms with van der Waals surface area (Å²) >= 11 is 1.65. The summed E-state index contributed by atoms with van der Waals surface area (Å²) in [6.07, 6.45) is 7.93. The summed E-state index contributed by atoms with van der Waals surface area (Å²) in [5.41, 5.74) is 5.29. The van der Waals surface area contributed by atoms with Gasteiger partial charge < -0.3 is 0 Å². The molecule has 3 nitrogen and oxygen atoms in total. The van der Waals surface area contributed by atoms with Gasteiger partial charge in [-0.3, -0.25) is 4.79 Å². The van der Waals surface area contributed by atoms with Crippen LogP contribution in [0.15, 0.2) is 11.2 Å². The van der Waals surface area contributed by atoms with Gasteiger partial charge in [0.1, 0.15) is 0 Å². The van der Waals surface area contributed by atoms with Crippen molar-refractivity contribution in [2.24, 2.45) is 16.9 Å². The minimum Gasteiger partial charge on any atom is -0.266 e. The normalized spacial score (nSPS) is 25.3. The lowest BCUT2D eigenvalue weighted by atomic mass is 9.89. The van der Waals surface area contributed by atoms with E-state index in [2.05, 4.69) is 30.4 Å². The second-order valence-electron chi connectivity index (χ2n) is 6.71. The molecule has 0 radical (unpaired) electrons. The zero-order valence-corrected chi connectivity index (χ0v) is 13.8. The lowest BCUT2D eigenvalue weighted by Crippen LogP contribution is -2.21. The van der Waals surface area contributed by atoms with Crippen molar-refractivity contribution in [2.75, 3.05) is 0 Å². The van der Waals surface area contributed by atoms with E-state index in [-0.39, 0.29) is 5.91 Å². The first-order valence-electron chi connectivity index (χ1n) is 8.09. The molecule has 4 heteroatoms. The first kappa shape index (κ1) is 14.8. The van der Waals surface area contributed by atoms with Gasteiger partial charge in [0.15, 0.2) is 0 Å². The van der Waals surface area contributed by atoms with Crippen molar-refractivity contribution in [2.45, 2.75) is 58.8 Å². The maximum absolute atomic E-state index is 12.2. The van der Waals surface area contributed by atoms with Crippen LogP contribution < -0.4 is 5.43 Å². The summed E-state index contributed by atoms with van der Waals surface area (Å²) in [5, 5.41) is 4.34. The van der Waals surface area contributed by atoms with Crippen molar-refractivity contribution in [3.05, 3.63) is 21.4 Å². The van der Waals surface area contributed by atoms with Gasteiger partial charge in [-0.15, -0.1) is 11.3 Å². The molecule has 1 amide bonds. The summed E-state index contributed by atoms with van der Waals surface area (Å²) < 4.78 is 0. The fourth-order valence-corrected chi connectivity index (χ4v) is 4.31. The van der Waals surface area contributed by atoms with Crippen LogP contribution in [0.4, 0.5) is 0 Å². The number of carbonyl (C=O) groups excluding carboxylic acids is 1. The maximum Gasteiger partial charge on any atom is 0.281 e. The predicted octanol–water partition coefficient (Wildman–Crippen LogP) is 4.17. The van der Waals surface area contributed by atoms with Gasteiger partial charge in [0.05, 0.1) is 4.88 Å². The molecule has 2 aliphatic carbocycles. The van der Waals surface area contributed by atoms with Crippen molar-refractivity contribution in [1.82, 2.24) is 5.43 Å². The highest BCUT2D eigenvalue weighted by Gasteiger charge is 2.21. The second-order valence-corrected chi connectivity index (χ2v) is 7.85. The number of rotatable bonds is 2. The molecule has 1 aromatic heterocycles. The lowest BCUT2D eigenvalue weighted by molar-refractivity contribution is 0.0958. The number of amides is 1. The predicted molar refractivity (Wildman–Crippen MR) is 88.0 cm³/mol. The lowest BCUT2D eigenvalue weighted by Gasteiger charge is -2.18. The zero-order valence-electron chi connectivity index (χ0n) is 12.9. The third-order valence-corrected chi connectivity index (χ3v) is 5.96. The molecule has 114 valence electrons. The fourth-order valence-electron chi connectivity index (χ4n) is 3.21. The quantitative estimate of drug-likeness (QED) is 0.819. The Kier molecular flexibility index (Phi) is 4.43. The molecule has 1 atom stereocenters. The van der Waals surface area contributed by atoms with Crippen molar-refractivity contribution in [3.63, 3.8) is 0 Å². The van der Waals surface area contributed by atoms with E-state index in [0.29, 0.717) is 0 Å². The highest BCUT2D eigenvalue weighted by atomic mass is 32.1. The van der Waals surface area contributed by atoms with E-state index in [1.807, 2.05) is 0 Å². The van der Waals surface area contributed by atoms with E-state index in [1.165, 1.54) is 29.7 Å². The van der Waals surface area contributed by atoms with Crippen LogP contribution in [0.25, 0.3) is 0 Å². The number of hydrazone groups is 1. The molecule has 0 aromatic carbocycles. The van der Waals surface area contributed by atoms with Crippen molar-refractivity contribution in [3.8, 4) is 0 Å². The summed E-state index contributed by atoms with van der Waals surface area (Å²) in [6.45, 7) is 4.57. The maximum atomic E-state index is 12.2. The Morgan fingerprint density at radius 3 is 2.67 bits per heavy atom. The summed E-state index contributed by atoms with van der Waals surface area (Å²) in [7, 11) is 0. The molecule has 1 N–H and O–H groups in total. The number of carbonyl (C=O) groups is 1. The molecule has 0 unspecified atom stereocenters. The summed E-state index contributed by atoms with van der Waals surface area (Å²) in [6, 6.07) is 2.08. The molecule has 1 saturated carbocycles. The molecule has 0 aliphatic heterocycles. The molecule has 0 bridgehead atoms. The molecule has 1 fully saturated rings. The number of fused-ring (bicyclic) bond motifs is 1. The molecule has 1 aromatic rings. The third-order valence-electron chi connectivity index (χ3n) is 4.72. The van der Waals surface area contributed by atoms with Gasteiger partial charge in [-0.25, -0.2) is 5.43 Å². The highest BCUT2D eigenvalue weighted by Crippen LogP contribution is 2.32. The molecule has 2 aliphatic rings. The van der Waals surface area contributed by atoms with Crippen molar-refractivity contribution >= 4 is 23.0 Å². The van der Waals surface area contributed by atoms with E-state index < -0.39 is 0 Å². The third kappa shape index (κ3) is 3.54. The molecule has 0 saturated heterocycles. The first-order valence-corrected chi connectivity index (χ1v) is 8.91. The van der Waals surface area contributed by atoms with Crippen molar-refractivity contribution in [1.29, 1.82) is 0 Å². The van der Waals surface area contributed by atoms with Gasteiger partial charge >= 0.3 is 0 Å². The number of thiophene rings is 1. The Morgan fingerprint density at radius 1 is 1.19 bits per heavy atom. The molecule has 3 rings (SSSR count). The topological polar surface area (TPSA) is 41.5 Å². The van der Waals surface area contributed by atoms with Crippen LogP contribution in [-0.2, 0) is 12.8 Å². The Balaban J connectivity index is 1.62. The van der Waals surface area contributed by atoms with E-state index in [1.54, 1.807) is 11.3 Å². The van der Waals surface area contributed by atoms with Crippen LogP contribution >= 0.6 is 11.3 Å². The Hall–Kier alpha value is -1.16. The molecule has 1 heterocycles. The Morgan fingerprint density at radius 2 is 1.90 bits per heavy atom. The van der Waals surface area contributed by atoms with Crippen LogP contribution in [0.3, 0.4) is 0 Å². The van der Waals surface area contributed by atoms with Gasteiger partial charge in [-0.1, -0.05) is 13.8 Å². The minimum absolute atomic E-state index is 0.0341.